The average Bonchev–Trinajstić information content (AvgIpc) is 3.30. The summed E-state index contributed by atoms with van der Waals surface area (Å²) in [7, 11) is 0. The van der Waals surface area contributed by atoms with Gasteiger partial charge in [-0.1, -0.05) is 60.6 Å². The van der Waals surface area contributed by atoms with Crippen LogP contribution < -0.4 is 5.32 Å². The Balaban J connectivity index is 1.33. The molecule has 6 aliphatic rings. The fourth-order valence-corrected chi connectivity index (χ4v) is 13.4. The highest BCUT2D eigenvalue weighted by atomic mass is 16.4. The van der Waals surface area contributed by atoms with Crippen LogP contribution >= 0.6 is 0 Å². The molecule has 0 aliphatic heterocycles. The number of carboxylic acids is 1. The standard InChI is InChI=1S/C37H59NO4/c1-21(2)22-12-17-37(31(42)38-27-20-24(30(40)41)32(27,3)4)19-18-35(8)23(29(22)37)10-11-26-34(7)15-14-28(39)33(5,6)25(34)13-16-36(26,35)9/h22-29,39H,1,10-20H2,2-9H3,(H,38,42)(H,40,41)/t22-,23+,24+,25?,26+,27+,28-,29+,34-,35+,36+,37-/m0/s1. The van der Waals surface area contributed by atoms with Gasteiger partial charge in [0.25, 0.3) is 0 Å². The lowest BCUT2D eigenvalue weighted by Crippen LogP contribution is -2.68. The highest BCUT2D eigenvalue weighted by Crippen LogP contribution is 2.77. The summed E-state index contributed by atoms with van der Waals surface area (Å²) in [4.78, 5) is 26.3. The Morgan fingerprint density at radius 2 is 1.48 bits per heavy atom. The van der Waals surface area contributed by atoms with Crippen LogP contribution in [0.2, 0.25) is 0 Å². The summed E-state index contributed by atoms with van der Waals surface area (Å²) < 4.78 is 0. The number of hydrogen-bond donors (Lipinski definition) is 3. The van der Waals surface area contributed by atoms with Gasteiger partial charge in [-0.2, -0.15) is 0 Å². The minimum atomic E-state index is -0.748. The summed E-state index contributed by atoms with van der Waals surface area (Å²) in [6, 6.07) is -0.0770. The number of allylic oxidation sites excluding steroid dienone is 1. The third-order valence-electron chi connectivity index (χ3n) is 16.4. The summed E-state index contributed by atoms with van der Waals surface area (Å²) in [6.45, 7) is 23.1. The molecule has 0 aromatic heterocycles. The third-order valence-corrected chi connectivity index (χ3v) is 16.4. The van der Waals surface area contributed by atoms with Crippen molar-refractivity contribution in [2.24, 2.45) is 68.0 Å². The summed E-state index contributed by atoms with van der Waals surface area (Å²) >= 11 is 0. The van der Waals surface area contributed by atoms with Crippen molar-refractivity contribution in [3.05, 3.63) is 12.2 Å². The van der Waals surface area contributed by atoms with Gasteiger partial charge < -0.3 is 15.5 Å². The van der Waals surface area contributed by atoms with Crippen LogP contribution in [0.4, 0.5) is 0 Å². The lowest BCUT2D eigenvalue weighted by Gasteiger charge is -2.72. The number of aliphatic hydroxyl groups is 1. The first-order chi connectivity index (χ1) is 19.4. The van der Waals surface area contributed by atoms with Crippen molar-refractivity contribution in [1.29, 1.82) is 0 Å². The third kappa shape index (κ3) is 3.70. The molecule has 5 heteroatoms. The molecular formula is C37H59NO4. The van der Waals surface area contributed by atoms with Crippen LogP contribution in [0.25, 0.3) is 0 Å². The molecule has 0 aromatic rings. The molecule has 1 amide bonds. The van der Waals surface area contributed by atoms with Gasteiger partial charge in [0.05, 0.1) is 17.4 Å². The molecular weight excluding hydrogens is 522 g/mol. The Labute approximate surface area is 255 Å². The van der Waals surface area contributed by atoms with E-state index in [9.17, 15) is 19.8 Å². The van der Waals surface area contributed by atoms with Crippen molar-refractivity contribution in [2.75, 3.05) is 0 Å². The quantitative estimate of drug-likeness (QED) is 0.298. The summed E-state index contributed by atoms with van der Waals surface area (Å²) in [6.07, 6.45) is 11.2. The molecule has 1 unspecified atom stereocenters. The number of carbonyl (C=O) groups is 2. The van der Waals surface area contributed by atoms with Crippen molar-refractivity contribution in [2.45, 2.75) is 138 Å². The number of nitrogens with one attached hydrogen (secondary N) is 1. The molecule has 0 spiro atoms. The van der Waals surface area contributed by atoms with Gasteiger partial charge in [0.15, 0.2) is 0 Å². The highest BCUT2D eigenvalue weighted by molar-refractivity contribution is 5.85. The molecule has 236 valence electrons. The van der Waals surface area contributed by atoms with Crippen LogP contribution in [0.15, 0.2) is 12.2 Å². The number of carboxylic acid groups (broad SMARTS) is 1. The van der Waals surface area contributed by atoms with Gasteiger partial charge in [-0.05, 0) is 134 Å². The molecule has 0 bridgehead atoms. The fourth-order valence-electron chi connectivity index (χ4n) is 13.4. The van der Waals surface area contributed by atoms with Gasteiger partial charge in [-0.25, -0.2) is 0 Å². The van der Waals surface area contributed by atoms with Crippen LogP contribution in [-0.2, 0) is 9.59 Å². The first-order valence-electron chi connectivity index (χ1n) is 17.2. The molecule has 5 nitrogen and oxygen atoms in total. The zero-order valence-electron chi connectivity index (χ0n) is 27.8. The summed E-state index contributed by atoms with van der Waals surface area (Å²) in [5, 5.41) is 24.2. The van der Waals surface area contributed by atoms with Crippen molar-refractivity contribution in [3.8, 4) is 0 Å². The smallest absolute Gasteiger partial charge is 0.307 e. The van der Waals surface area contributed by atoms with Gasteiger partial charge >= 0.3 is 5.97 Å². The number of carbonyl (C=O) groups excluding carboxylic acids is 1. The van der Waals surface area contributed by atoms with Gasteiger partial charge in [0, 0.05) is 6.04 Å². The molecule has 0 saturated heterocycles. The molecule has 0 heterocycles. The lowest BCUT2D eigenvalue weighted by molar-refractivity contribution is -0.246. The Kier molecular flexibility index (Phi) is 6.81. The van der Waals surface area contributed by atoms with Crippen LogP contribution in [0.3, 0.4) is 0 Å². The molecule has 3 N–H and O–H groups in total. The number of hydrogen-bond acceptors (Lipinski definition) is 3. The Morgan fingerprint density at radius 1 is 0.786 bits per heavy atom. The average molecular weight is 582 g/mol. The maximum absolute atomic E-state index is 14.5. The molecule has 6 fully saturated rings. The lowest BCUT2D eigenvalue weighted by atomic mass is 9.32. The number of amides is 1. The molecule has 12 atom stereocenters. The van der Waals surface area contributed by atoms with E-state index < -0.39 is 17.3 Å². The van der Waals surface area contributed by atoms with E-state index in [0.29, 0.717) is 36.0 Å². The maximum atomic E-state index is 14.5. The second-order valence-electron chi connectivity index (χ2n) is 18.2. The highest BCUT2D eigenvalue weighted by Gasteiger charge is 2.72. The molecule has 42 heavy (non-hydrogen) atoms. The number of fused-ring (bicyclic) bond motifs is 7. The van der Waals surface area contributed by atoms with Crippen molar-refractivity contribution >= 4 is 11.9 Å². The van der Waals surface area contributed by atoms with E-state index in [4.69, 9.17) is 0 Å². The first kappa shape index (κ1) is 30.7. The van der Waals surface area contributed by atoms with E-state index in [-0.39, 0.29) is 45.1 Å². The van der Waals surface area contributed by atoms with Gasteiger partial charge in [0.1, 0.15) is 0 Å². The number of rotatable bonds is 4. The Bertz CT molecular complexity index is 1170. The van der Waals surface area contributed by atoms with Crippen molar-refractivity contribution in [3.63, 3.8) is 0 Å². The predicted molar refractivity (Wildman–Crippen MR) is 166 cm³/mol. The van der Waals surface area contributed by atoms with Gasteiger partial charge in [-0.3, -0.25) is 9.59 Å². The normalized spacial score (nSPS) is 52.0. The maximum Gasteiger partial charge on any atom is 0.307 e. The molecule has 6 saturated carbocycles. The second-order valence-corrected chi connectivity index (χ2v) is 18.2. The van der Waals surface area contributed by atoms with Crippen molar-refractivity contribution in [1.82, 2.24) is 5.32 Å². The molecule has 0 aromatic carbocycles. The summed E-state index contributed by atoms with van der Waals surface area (Å²) in [5.74, 6) is 1.43. The Morgan fingerprint density at radius 3 is 2.10 bits per heavy atom. The molecule has 6 rings (SSSR count). The van der Waals surface area contributed by atoms with E-state index in [2.05, 4.69) is 53.4 Å². The van der Waals surface area contributed by atoms with E-state index in [1.54, 1.807) is 0 Å². The van der Waals surface area contributed by atoms with Crippen LogP contribution in [0.1, 0.15) is 126 Å². The largest absolute Gasteiger partial charge is 0.481 e. The van der Waals surface area contributed by atoms with Crippen LogP contribution in [-0.4, -0.2) is 34.2 Å². The first-order valence-corrected chi connectivity index (χ1v) is 17.2. The molecule has 0 radical (unpaired) electrons. The Hall–Kier alpha value is -1.36. The zero-order chi connectivity index (χ0) is 30.8. The minimum absolute atomic E-state index is 0.0443. The topological polar surface area (TPSA) is 86.6 Å². The van der Waals surface area contributed by atoms with E-state index in [1.165, 1.54) is 31.3 Å². The van der Waals surface area contributed by atoms with E-state index in [0.717, 1.165) is 38.5 Å². The fraction of sp³-hybridized carbons (Fsp3) is 0.892. The number of aliphatic hydroxyl groups excluding tert-OH is 1. The minimum Gasteiger partial charge on any atom is -0.481 e. The monoisotopic (exact) mass is 581 g/mol. The van der Waals surface area contributed by atoms with E-state index in [1.807, 2.05) is 13.8 Å². The van der Waals surface area contributed by atoms with Crippen molar-refractivity contribution < 1.29 is 19.8 Å². The predicted octanol–water partition coefficient (Wildman–Crippen LogP) is 7.62. The number of aliphatic carboxylic acids is 1. The van der Waals surface area contributed by atoms with Gasteiger partial charge in [0.2, 0.25) is 5.91 Å². The van der Waals surface area contributed by atoms with E-state index >= 15 is 0 Å². The van der Waals surface area contributed by atoms with Crippen LogP contribution in [0, 0.1) is 68.0 Å². The molecule has 6 aliphatic carbocycles. The summed E-state index contributed by atoms with van der Waals surface area (Å²) in [5.41, 5.74) is 1.02. The second kappa shape index (κ2) is 9.33. The van der Waals surface area contributed by atoms with Crippen LogP contribution in [0.5, 0.6) is 0 Å². The van der Waals surface area contributed by atoms with Gasteiger partial charge in [-0.15, -0.1) is 0 Å². The SMILES string of the molecule is C=C(C)[C@@H]1CC[C@]2(C(=O)N[C@@H]3C[C@H](C(=O)O)C3(C)C)CC[C@]3(C)[C@H](CC[C@@H]4[C@@]5(C)CC[C@H](O)C(C)(C)C5CC[C@]43C)[C@@H]12. The zero-order valence-corrected chi connectivity index (χ0v) is 27.8.